The summed E-state index contributed by atoms with van der Waals surface area (Å²) in [6.07, 6.45) is 21.4. The second-order valence-corrected chi connectivity index (χ2v) is 9.50. The van der Waals surface area contributed by atoms with E-state index in [4.69, 9.17) is 0 Å². The van der Waals surface area contributed by atoms with Gasteiger partial charge in [-0.3, -0.25) is 9.36 Å². The summed E-state index contributed by atoms with van der Waals surface area (Å²) in [5.41, 5.74) is -0.424. The van der Waals surface area contributed by atoms with Gasteiger partial charge >= 0.3 is 0 Å². The summed E-state index contributed by atoms with van der Waals surface area (Å²) in [5.74, 6) is 0. The van der Waals surface area contributed by atoms with Crippen molar-refractivity contribution >= 4 is 12.9 Å². The van der Waals surface area contributed by atoms with Crippen molar-refractivity contribution in [1.29, 1.82) is 0 Å². The van der Waals surface area contributed by atoms with E-state index < -0.39 is 12.9 Å². The Morgan fingerprint density at radius 2 is 1.24 bits per heavy atom. The van der Waals surface area contributed by atoms with Crippen LogP contribution in [0, 0.1) is 0 Å². The monoisotopic (exact) mass is 372 g/mol. The van der Waals surface area contributed by atoms with Gasteiger partial charge in [-0.15, -0.1) is 0 Å². The molecule has 1 unspecified atom stereocenters. The Kier molecular flexibility index (Phi) is 16.8. The Bertz CT molecular complexity index is 391. The van der Waals surface area contributed by atoms with Crippen LogP contribution in [0.25, 0.3) is 0 Å². The van der Waals surface area contributed by atoms with Gasteiger partial charge in [0.15, 0.2) is 0 Å². The molecule has 0 heterocycles. The number of unbranched alkanes of at least 4 members (excludes halogenated alkanes) is 11. The van der Waals surface area contributed by atoms with E-state index in [1.807, 2.05) is 6.92 Å². The summed E-state index contributed by atoms with van der Waals surface area (Å²) in [6, 6.07) is 0. The van der Waals surface area contributed by atoms with Crippen molar-refractivity contribution in [2.24, 2.45) is 0 Å². The first-order valence-electron chi connectivity index (χ1n) is 10.5. The molecule has 4 heteroatoms. The first-order valence-corrected chi connectivity index (χ1v) is 12.4. The van der Waals surface area contributed by atoms with E-state index in [1.54, 1.807) is 0 Å². The zero-order chi connectivity index (χ0) is 18.8. The van der Waals surface area contributed by atoms with Gasteiger partial charge in [-0.1, -0.05) is 77.4 Å². The molecule has 148 valence electrons. The van der Waals surface area contributed by atoms with Crippen LogP contribution in [0.4, 0.5) is 0 Å². The minimum atomic E-state index is -3.52. The number of allylic oxidation sites excluding steroid dienone is 2. The van der Waals surface area contributed by atoms with Gasteiger partial charge in [-0.05, 0) is 38.5 Å². The molecular formula is C21H41O3P. The Morgan fingerprint density at radius 3 is 1.76 bits per heavy atom. The number of carbonyl (C=O) groups is 1. The molecule has 0 aromatic rings. The molecule has 0 saturated carbocycles. The normalized spacial score (nSPS) is 14.0. The number of rotatable bonds is 18. The molecule has 0 rings (SSSR count). The highest BCUT2D eigenvalue weighted by molar-refractivity contribution is 7.75. The van der Waals surface area contributed by atoms with Crippen molar-refractivity contribution in [3.8, 4) is 0 Å². The highest BCUT2D eigenvalue weighted by Gasteiger charge is 2.26. The first kappa shape index (κ1) is 24.6. The maximum Gasteiger partial charge on any atom is 0.264 e. The van der Waals surface area contributed by atoms with Gasteiger partial charge in [-0.2, -0.15) is 0 Å². The molecule has 0 aliphatic rings. The van der Waals surface area contributed by atoms with Crippen LogP contribution < -0.4 is 0 Å². The third kappa shape index (κ3) is 15.6. The Balaban J connectivity index is 3.37. The minimum Gasteiger partial charge on any atom is -0.339 e. The van der Waals surface area contributed by atoms with E-state index in [0.29, 0.717) is 6.42 Å². The predicted octanol–water partition coefficient (Wildman–Crippen LogP) is 7.23. The number of carbonyl (C=O) groups excluding carboxylic acids is 1. The lowest BCUT2D eigenvalue weighted by molar-refractivity contribution is -0.112. The van der Waals surface area contributed by atoms with Gasteiger partial charge in [0.1, 0.15) is 0 Å². The molecule has 0 aromatic heterocycles. The van der Waals surface area contributed by atoms with E-state index in [-0.39, 0.29) is 12.6 Å². The summed E-state index contributed by atoms with van der Waals surface area (Å²) >= 11 is 0. The molecule has 0 bridgehead atoms. The highest BCUT2D eigenvalue weighted by atomic mass is 31.2. The molecule has 3 nitrogen and oxygen atoms in total. The quantitative estimate of drug-likeness (QED) is 0.157. The smallest absolute Gasteiger partial charge is 0.264 e. The predicted molar refractivity (Wildman–Crippen MR) is 109 cm³/mol. The maximum atomic E-state index is 11.7. The van der Waals surface area contributed by atoms with Gasteiger partial charge < -0.3 is 4.89 Å². The molecular weight excluding hydrogens is 331 g/mol. The average Bonchev–Trinajstić information content (AvgIpc) is 2.58. The van der Waals surface area contributed by atoms with Crippen LogP contribution in [0.15, 0.2) is 12.2 Å². The summed E-state index contributed by atoms with van der Waals surface area (Å²) in [4.78, 5) is 21.3. The van der Waals surface area contributed by atoms with Crippen molar-refractivity contribution < 1.29 is 14.3 Å². The van der Waals surface area contributed by atoms with Crippen molar-refractivity contribution in [2.75, 3.05) is 6.16 Å². The van der Waals surface area contributed by atoms with E-state index in [2.05, 4.69) is 19.1 Å². The Morgan fingerprint density at radius 1 is 0.760 bits per heavy atom. The molecule has 0 aromatic carbocycles. The number of hydrogen-bond acceptors (Lipinski definition) is 2. The van der Waals surface area contributed by atoms with Gasteiger partial charge in [0.2, 0.25) is 5.52 Å². The zero-order valence-electron chi connectivity index (χ0n) is 16.7. The molecule has 0 aliphatic heterocycles. The first-order chi connectivity index (χ1) is 12.0. The second-order valence-electron chi connectivity index (χ2n) is 7.15. The molecule has 0 radical (unpaired) electrons. The molecule has 1 N–H and O–H groups in total. The van der Waals surface area contributed by atoms with Crippen molar-refractivity contribution in [3.05, 3.63) is 12.2 Å². The molecule has 25 heavy (non-hydrogen) atoms. The lowest BCUT2D eigenvalue weighted by atomic mass is 10.1. The molecule has 1 atom stereocenters. The van der Waals surface area contributed by atoms with Crippen molar-refractivity contribution in [1.82, 2.24) is 0 Å². The van der Waals surface area contributed by atoms with E-state index >= 15 is 0 Å². The standard InChI is InChI=1S/C21H41O3P/c1-3-5-6-7-8-9-10-11-12-13-14-15-16-17-18-19-21(22)25(23,24)20-4-2/h11-12H,3-10,13-20H2,1-2H3,(H,23,24)/b12-11-. The molecule has 0 aliphatic carbocycles. The second kappa shape index (κ2) is 17.0. The SMILES string of the molecule is CCCCCCCC/C=C\CCCCCCCC(=O)P(=O)(O)CCC. The highest BCUT2D eigenvalue weighted by Crippen LogP contribution is 2.43. The van der Waals surface area contributed by atoms with Crippen molar-refractivity contribution in [2.45, 2.75) is 110 Å². The van der Waals surface area contributed by atoms with Crippen LogP contribution in [0.1, 0.15) is 110 Å². The fourth-order valence-electron chi connectivity index (χ4n) is 2.95. The van der Waals surface area contributed by atoms with Crippen LogP contribution in [-0.2, 0) is 9.36 Å². The van der Waals surface area contributed by atoms with Crippen LogP contribution in [0.2, 0.25) is 0 Å². The molecule has 0 saturated heterocycles. The van der Waals surface area contributed by atoms with Crippen LogP contribution >= 0.6 is 7.37 Å². The van der Waals surface area contributed by atoms with Gasteiger partial charge in [0, 0.05) is 12.6 Å². The number of hydrogen-bond donors (Lipinski definition) is 1. The third-order valence-electron chi connectivity index (χ3n) is 4.57. The molecule has 0 fully saturated rings. The van der Waals surface area contributed by atoms with Gasteiger partial charge in [0.05, 0.1) is 0 Å². The summed E-state index contributed by atoms with van der Waals surface area (Å²) < 4.78 is 11.7. The topological polar surface area (TPSA) is 54.4 Å². The Labute approximate surface area is 156 Å². The molecule has 0 spiro atoms. The van der Waals surface area contributed by atoms with Gasteiger partial charge in [-0.25, -0.2) is 0 Å². The fraction of sp³-hybridized carbons (Fsp3) is 0.857. The summed E-state index contributed by atoms with van der Waals surface area (Å²) in [5, 5.41) is 0. The fourth-order valence-corrected chi connectivity index (χ4v) is 4.31. The third-order valence-corrected chi connectivity index (χ3v) is 6.63. The Hall–Kier alpha value is -0.400. The van der Waals surface area contributed by atoms with Crippen LogP contribution in [0.5, 0.6) is 0 Å². The zero-order valence-corrected chi connectivity index (χ0v) is 17.6. The van der Waals surface area contributed by atoms with Crippen LogP contribution in [0.3, 0.4) is 0 Å². The van der Waals surface area contributed by atoms with Gasteiger partial charge in [0.25, 0.3) is 7.37 Å². The molecule has 0 amide bonds. The van der Waals surface area contributed by atoms with E-state index in [9.17, 15) is 14.3 Å². The largest absolute Gasteiger partial charge is 0.339 e. The lowest BCUT2D eigenvalue weighted by Crippen LogP contribution is -2.02. The minimum absolute atomic E-state index is 0.136. The summed E-state index contributed by atoms with van der Waals surface area (Å²) in [6.45, 7) is 4.08. The average molecular weight is 373 g/mol. The maximum absolute atomic E-state index is 11.7. The lowest BCUT2D eigenvalue weighted by Gasteiger charge is -2.08. The van der Waals surface area contributed by atoms with Crippen LogP contribution in [-0.4, -0.2) is 16.6 Å². The van der Waals surface area contributed by atoms with E-state index in [1.165, 1.54) is 57.8 Å². The van der Waals surface area contributed by atoms with E-state index in [0.717, 1.165) is 25.7 Å². The summed E-state index contributed by atoms with van der Waals surface area (Å²) in [7, 11) is -3.52. The van der Waals surface area contributed by atoms with Crippen molar-refractivity contribution in [3.63, 3.8) is 0 Å².